The van der Waals surface area contributed by atoms with Crippen molar-refractivity contribution in [3.8, 4) is 0 Å². The lowest BCUT2D eigenvalue weighted by atomic mass is 9.58. The number of Topliss-reactive ketones (excluding diaryl/α,β-unsaturated/α-hetero) is 1. The van der Waals surface area contributed by atoms with E-state index in [2.05, 4.69) is 43.9 Å². The van der Waals surface area contributed by atoms with Crippen LogP contribution in [0.1, 0.15) is 67.9 Å². The molecular weight excluding hydrogens is 270 g/mol. The average molecular weight is 297 g/mol. The van der Waals surface area contributed by atoms with Crippen molar-refractivity contribution in [3.05, 3.63) is 34.9 Å². The summed E-state index contributed by atoms with van der Waals surface area (Å²) in [6, 6.07) is 7.45. The molecule has 0 unspecified atom stereocenters. The van der Waals surface area contributed by atoms with Crippen molar-refractivity contribution in [2.24, 2.45) is 5.92 Å². The fraction of sp³-hybridized carbons (Fsp3) is 0.650. The number of hydrogen-bond donors (Lipinski definition) is 0. The van der Waals surface area contributed by atoms with Crippen LogP contribution in [0.2, 0.25) is 0 Å². The molecule has 0 amide bonds. The van der Waals surface area contributed by atoms with E-state index in [1.54, 1.807) is 0 Å². The Morgan fingerprint density at radius 2 is 2.09 bits per heavy atom. The zero-order valence-corrected chi connectivity index (χ0v) is 14.1. The average Bonchev–Trinajstić information content (AvgIpc) is 3.33. The zero-order valence-electron chi connectivity index (χ0n) is 14.1. The van der Waals surface area contributed by atoms with Crippen LogP contribution in [0, 0.1) is 5.92 Å². The van der Waals surface area contributed by atoms with E-state index in [0.29, 0.717) is 17.7 Å². The van der Waals surface area contributed by atoms with Gasteiger partial charge in [-0.1, -0.05) is 45.4 Å². The highest BCUT2D eigenvalue weighted by molar-refractivity contribution is 6.03. The van der Waals surface area contributed by atoms with Crippen LogP contribution in [-0.2, 0) is 11.8 Å². The number of piperidine rings is 1. The molecule has 2 fully saturated rings. The highest BCUT2D eigenvalue weighted by Crippen LogP contribution is 2.50. The highest BCUT2D eigenvalue weighted by atomic mass is 16.1. The molecular formula is C20H27NO. The van der Waals surface area contributed by atoms with Gasteiger partial charge in [0, 0.05) is 18.2 Å². The number of benzene rings is 1. The zero-order chi connectivity index (χ0) is 15.5. The Hall–Kier alpha value is -1.15. The number of rotatable bonds is 3. The first-order valence-corrected chi connectivity index (χ1v) is 8.99. The van der Waals surface area contributed by atoms with Crippen LogP contribution in [0.25, 0.3) is 0 Å². The van der Waals surface area contributed by atoms with Crippen LogP contribution < -0.4 is 0 Å². The summed E-state index contributed by atoms with van der Waals surface area (Å²) in [5, 5.41) is 0. The van der Waals surface area contributed by atoms with Gasteiger partial charge in [-0.25, -0.2) is 0 Å². The van der Waals surface area contributed by atoms with Crippen LogP contribution in [0.3, 0.4) is 0 Å². The molecule has 1 saturated heterocycles. The fourth-order valence-electron chi connectivity index (χ4n) is 4.82. The Morgan fingerprint density at radius 3 is 2.77 bits per heavy atom. The van der Waals surface area contributed by atoms with Gasteiger partial charge in [0.25, 0.3) is 0 Å². The standard InChI is InChI=1S/C20H27NO/c1-4-5-14-6-9-16-17(12-14)20(3)10-11-21(15-7-8-15)18(13(20)2)19(16)22/h6,9,12-13,15,18H,4-5,7-8,10-11H2,1-3H3/t13-,18-,20-/m0/s1. The molecule has 2 bridgehead atoms. The minimum Gasteiger partial charge on any atom is -0.292 e. The summed E-state index contributed by atoms with van der Waals surface area (Å²) >= 11 is 0. The van der Waals surface area contributed by atoms with E-state index >= 15 is 0 Å². The number of likely N-dealkylation sites (tertiary alicyclic amines) is 1. The lowest BCUT2D eigenvalue weighted by Gasteiger charge is -2.53. The lowest BCUT2D eigenvalue weighted by molar-refractivity contribution is 0.0247. The summed E-state index contributed by atoms with van der Waals surface area (Å²) in [5.74, 6) is 0.813. The summed E-state index contributed by atoms with van der Waals surface area (Å²) in [7, 11) is 0. The van der Waals surface area contributed by atoms with Crippen molar-refractivity contribution in [1.29, 1.82) is 0 Å². The van der Waals surface area contributed by atoms with Gasteiger partial charge >= 0.3 is 0 Å². The van der Waals surface area contributed by atoms with E-state index in [1.165, 1.54) is 30.4 Å². The van der Waals surface area contributed by atoms with Gasteiger partial charge in [0.1, 0.15) is 0 Å². The minimum atomic E-state index is 0.121. The van der Waals surface area contributed by atoms with E-state index in [-0.39, 0.29) is 11.5 Å². The SMILES string of the molecule is CCCc1ccc2c(c1)[C@@]1(C)CCN(C3CC3)[C@H](C2=O)[C@@H]1C. The summed E-state index contributed by atoms with van der Waals surface area (Å²) in [6.45, 7) is 8.03. The summed E-state index contributed by atoms with van der Waals surface area (Å²) in [6.07, 6.45) is 6.04. The predicted octanol–water partition coefficient (Wildman–Crippen LogP) is 3.97. The monoisotopic (exact) mass is 297 g/mol. The molecule has 2 nitrogen and oxygen atoms in total. The molecule has 3 atom stereocenters. The van der Waals surface area contributed by atoms with Crippen molar-refractivity contribution < 1.29 is 4.79 Å². The Morgan fingerprint density at radius 1 is 1.32 bits per heavy atom. The molecule has 4 rings (SSSR count). The molecule has 3 aliphatic rings. The van der Waals surface area contributed by atoms with Crippen LogP contribution >= 0.6 is 0 Å². The van der Waals surface area contributed by atoms with Gasteiger partial charge in [-0.05, 0) is 48.1 Å². The van der Waals surface area contributed by atoms with E-state index in [4.69, 9.17) is 0 Å². The van der Waals surface area contributed by atoms with Crippen LogP contribution in [0.15, 0.2) is 18.2 Å². The summed E-state index contributed by atoms with van der Waals surface area (Å²) in [4.78, 5) is 15.7. The van der Waals surface area contributed by atoms with Gasteiger partial charge in [0.05, 0.1) is 6.04 Å². The maximum atomic E-state index is 13.2. The smallest absolute Gasteiger partial charge is 0.180 e. The Labute approximate surface area is 133 Å². The number of carbonyl (C=O) groups excluding carboxylic acids is 1. The number of aryl methyl sites for hydroxylation is 1. The van der Waals surface area contributed by atoms with E-state index < -0.39 is 0 Å². The topological polar surface area (TPSA) is 20.3 Å². The molecule has 0 spiro atoms. The first-order valence-electron chi connectivity index (χ1n) is 8.99. The second kappa shape index (κ2) is 4.92. The van der Waals surface area contributed by atoms with Crippen molar-refractivity contribution >= 4 is 5.78 Å². The highest BCUT2D eigenvalue weighted by Gasteiger charge is 2.54. The first kappa shape index (κ1) is 14.4. The maximum Gasteiger partial charge on any atom is 0.180 e. The van der Waals surface area contributed by atoms with Crippen LogP contribution in [-0.4, -0.2) is 29.3 Å². The molecule has 2 heteroatoms. The molecule has 0 N–H and O–H groups in total. The van der Waals surface area contributed by atoms with Crippen LogP contribution in [0.5, 0.6) is 0 Å². The summed E-state index contributed by atoms with van der Waals surface area (Å²) in [5.41, 5.74) is 3.91. The number of carbonyl (C=O) groups is 1. The van der Waals surface area contributed by atoms with Crippen molar-refractivity contribution in [2.45, 2.75) is 70.4 Å². The molecule has 118 valence electrons. The van der Waals surface area contributed by atoms with Gasteiger partial charge in [0.2, 0.25) is 0 Å². The second-order valence-electron chi connectivity index (χ2n) is 7.86. The lowest BCUT2D eigenvalue weighted by Crippen LogP contribution is -2.61. The third-order valence-corrected chi connectivity index (χ3v) is 6.51. The van der Waals surface area contributed by atoms with E-state index in [1.807, 2.05) is 0 Å². The Kier molecular flexibility index (Phi) is 3.23. The van der Waals surface area contributed by atoms with Gasteiger partial charge in [0.15, 0.2) is 5.78 Å². The number of nitrogens with zero attached hydrogens (tertiary/aromatic N) is 1. The molecule has 1 aromatic carbocycles. The Balaban J connectivity index is 1.81. The number of fused-ring (bicyclic) bond motifs is 4. The molecule has 1 saturated carbocycles. The van der Waals surface area contributed by atoms with Crippen molar-refractivity contribution in [1.82, 2.24) is 4.90 Å². The maximum absolute atomic E-state index is 13.2. The van der Waals surface area contributed by atoms with E-state index in [0.717, 1.165) is 24.9 Å². The molecule has 2 aliphatic carbocycles. The largest absolute Gasteiger partial charge is 0.292 e. The van der Waals surface area contributed by atoms with Gasteiger partial charge in [-0.15, -0.1) is 0 Å². The van der Waals surface area contributed by atoms with Gasteiger partial charge in [-0.3, -0.25) is 9.69 Å². The third kappa shape index (κ3) is 1.93. The quantitative estimate of drug-likeness (QED) is 0.841. The van der Waals surface area contributed by atoms with Crippen molar-refractivity contribution in [3.63, 3.8) is 0 Å². The second-order valence-corrected chi connectivity index (χ2v) is 7.86. The van der Waals surface area contributed by atoms with Gasteiger partial charge in [-0.2, -0.15) is 0 Å². The molecule has 22 heavy (non-hydrogen) atoms. The predicted molar refractivity (Wildman–Crippen MR) is 89.4 cm³/mol. The number of ketones is 1. The van der Waals surface area contributed by atoms with Crippen molar-refractivity contribution in [2.75, 3.05) is 6.54 Å². The van der Waals surface area contributed by atoms with Gasteiger partial charge < -0.3 is 0 Å². The van der Waals surface area contributed by atoms with Crippen LogP contribution in [0.4, 0.5) is 0 Å². The molecule has 1 aromatic rings. The summed E-state index contributed by atoms with van der Waals surface area (Å²) < 4.78 is 0. The normalized spacial score (nSPS) is 34.6. The molecule has 1 heterocycles. The Bertz CT molecular complexity index is 618. The first-order chi connectivity index (χ1) is 10.6. The minimum absolute atomic E-state index is 0.121. The fourth-order valence-corrected chi connectivity index (χ4v) is 4.82. The number of hydrogen-bond acceptors (Lipinski definition) is 2. The van der Waals surface area contributed by atoms with E-state index in [9.17, 15) is 4.79 Å². The molecule has 0 radical (unpaired) electrons. The molecule has 1 aliphatic heterocycles. The third-order valence-electron chi connectivity index (χ3n) is 6.51. The molecule has 0 aromatic heterocycles.